The summed E-state index contributed by atoms with van der Waals surface area (Å²) in [6.45, 7) is 10.7. The third-order valence-corrected chi connectivity index (χ3v) is 8.60. The average Bonchev–Trinajstić information content (AvgIpc) is 2.23. The molecule has 0 spiro atoms. The van der Waals surface area contributed by atoms with Gasteiger partial charge in [-0.2, -0.15) is 0 Å². The average molecular weight is 305 g/mol. The first-order valence-electron chi connectivity index (χ1n) is 5.72. The highest BCUT2D eigenvalue weighted by Gasteiger charge is 2.39. The molecule has 5 heteroatoms. The van der Waals surface area contributed by atoms with Crippen molar-refractivity contribution in [2.45, 2.75) is 38.9 Å². The van der Waals surface area contributed by atoms with Crippen LogP contribution in [0.1, 0.15) is 31.1 Å². The first kappa shape index (κ1) is 15.5. The summed E-state index contributed by atoms with van der Waals surface area (Å²) in [5, 5.41) is 0.639. The number of carbonyl (C=O) groups is 1. The van der Waals surface area contributed by atoms with Gasteiger partial charge in [0.15, 0.2) is 6.29 Å². The minimum Gasteiger partial charge on any atom is -0.542 e. The highest BCUT2D eigenvalue weighted by molar-refractivity contribution is 6.74. The van der Waals surface area contributed by atoms with Crippen LogP contribution in [0.2, 0.25) is 28.2 Å². The lowest BCUT2D eigenvalue weighted by Crippen LogP contribution is -2.43. The van der Waals surface area contributed by atoms with Gasteiger partial charge >= 0.3 is 0 Å². The van der Waals surface area contributed by atoms with Crippen molar-refractivity contribution in [1.82, 2.24) is 0 Å². The number of carbonyl (C=O) groups excluding carboxylic acids is 1. The van der Waals surface area contributed by atoms with Gasteiger partial charge in [0, 0.05) is 5.56 Å². The Labute approximate surface area is 119 Å². The maximum absolute atomic E-state index is 10.8. The molecule has 1 rings (SSSR count). The standard InChI is InChI=1S/C13H18Cl2O2Si/c1-13(2,3)18(4,5)17-10-7-6-9(8-16)11(14)12(10)15/h6-8H,1-5H3. The largest absolute Gasteiger partial charge is 0.542 e. The van der Waals surface area contributed by atoms with Gasteiger partial charge < -0.3 is 4.43 Å². The number of halogens is 2. The zero-order valence-corrected chi connectivity index (χ0v) is 13.8. The molecule has 0 unspecified atom stereocenters. The predicted molar refractivity (Wildman–Crippen MR) is 79.7 cm³/mol. The summed E-state index contributed by atoms with van der Waals surface area (Å²) in [5.74, 6) is 0.554. The van der Waals surface area contributed by atoms with Gasteiger partial charge in [-0.25, -0.2) is 0 Å². The van der Waals surface area contributed by atoms with Crippen LogP contribution in [0.5, 0.6) is 5.75 Å². The van der Waals surface area contributed by atoms with Gasteiger partial charge in [-0.3, -0.25) is 4.79 Å². The van der Waals surface area contributed by atoms with Crippen LogP contribution in [0.4, 0.5) is 0 Å². The monoisotopic (exact) mass is 304 g/mol. The summed E-state index contributed by atoms with van der Waals surface area (Å²) >= 11 is 12.2. The number of hydrogen-bond donors (Lipinski definition) is 0. The second-order valence-electron chi connectivity index (χ2n) is 5.76. The van der Waals surface area contributed by atoms with E-state index in [1.165, 1.54) is 0 Å². The van der Waals surface area contributed by atoms with Gasteiger partial charge in [0.1, 0.15) is 10.8 Å². The van der Waals surface area contributed by atoms with Gasteiger partial charge in [-0.05, 0) is 30.3 Å². The Kier molecular flexibility index (Phi) is 4.52. The van der Waals surface area contributed by atoms with Crippen LogP contribution in [-0.4, -0.2) is 14.6 Å². The Morgan fingerprint density at radius 1 is 1.17 bits per heavy atom. The zero-order valence-electron chi connectivity index (χ0n) is 11.3. The molecule has 0 N–H and O–H groups in total. The van der Waals surface area contributed by atoms with Gasteiger partial charge in [-0.1, -0.05) is 44.0 Å². The van der Waals surface area contributed by atoms with Crippen molar-refractivity contribution in [3.63, 3.8) is 0 Å². The molecule has 1 aromatic carbocycles. The predicted octanol–water partition coefficient (Wildman–Crippen LogP) is 5.19. The van der Waals surface area contributed by atoms with Crippen molar-refractivity contribution in [3.05, 3.63) is 27.7 Å². The number of aldehydes is 1. The fraction of sp³-hybridized carbons (Fsp3) is 0.462. The lowest BCUT2D eigenvalue weighted by atomic mass is 10.2. The Bertz CT molecular complexity index is 465. The third-order valence-electron chi connectivity index (χ3n) is 3.38. The van der Waals surface area contributed by atoms with Gasteiger partial charge in [0.05, 0.1) is 5.02 Å². The molecule has 0 saturated heterocycles. The molecular weight excluding hydrogens is 287 g/mol. The van der Waals surface area contributed by atoms with Crippen LogP contribution in [0.25, 0.3) is 0 Å². The molecule has 0 heterocycles. The Balaban J connectivity index is 3.14. The van der Waals surface area contributed by atoms with Crippen molar-refractivity contribution >= 4 is 37.8 Å². The van der Waals surface area contributed by atoms with Crippen LogP contribution in [0.15, 0.2) is 12.1 Å². The van der Waals surface area contributed by atoms with Gasteiger partial charge in [-0.15, -0.1) is 0 Å². The van der Waals surface area contributed by atoms with Crippen LogP contribution in [-0.2, 0) is 0 Å². The van der Waals surface area contributed by atoms with E-state index in [9.17, 15) is 4.79 Å². The van der Waals surface area contributed by atoms with Crippen molar-refractivity contribution in [1.29, 1.82) is 0 Å². The lowest BCUT2D eigenvalue weighted by Gasteiger charge is -2.36. The Hall–Kier alpha value is -0.513. The molecule has 18 heavy (non-hydrogen) atoms. The Morgan fingerprint density at radius 3 is 2.17 bits per heavy atom. The van der Waals surface area contributed by atoms with Gasteiger partial charge in [0.2, 0.25) is 0 Å². The summed E-state index contributed by atoms with van der Waals surface area (Å²) in [5.41, 5.74) is 0.379. The normalized spacial score (nSPS) is 12.4. The van der Waals surface area contributed by atoms with Crippen molar-refractivity contribution < 1.29 is 9.22 Å². The molecule has 2 nitrogen and oxygen atoms in total. The molecule has 0 amide bonds. The minimum atomic E-state index is -1.96. The fourth-order valence-corrected chi connectivity index (χ4v) is 2.65. The number of hydrogen-bond acceptors (Lipinski definition) is 2. The first-order valence-corrected chi connectivity index (χ1v) is 9.39. The maximum atomic E-state index is 10.8. The zero-order chi connectivity index (χ0) is 14.1. The number of benzene rings is 1. The topological polar surface area (TPSA) is 26.3 Å². The van der Waals surface area contributed by atoms with E-state index in [2.05, 4.69) is 33.9 Å². The molecule has 0 aromatic heterocycles. The summed E-state index contributed by atoms with van der Waals surface area (Å²) in [6, 6.07) is 3.34. The van der Waals surface area contributed by atoms with Crippen LogP contribution < -0.4 is 4.43 Å². The van der Waals surface area contributed by atoms with E-state index < -0.39 is 8.32 Å². The maximum Gasteiger partial charge on any atom is 0.250 e. The summed E-state index contributed by atoms with van der Waals surface area (Å²) in [6.07, 6.45) is 0.685. The SMILES string of the molecule is CC(C)(C)[Si](C)(C)Oc1ccc(C=O)c(Cl)c1Cl. The first-order chi connectivity index (χ1) is 8.10. The summed E-state index contributed by atoms with van der Waals surface area (Å²) < 4.78 is 6.08. The summed E-state index contributed by atoms with van der Waals surface area (Å²) in [7, 11) is -1.96. The number of rotatable bonds is 3. The molecule has 0 radical (unpaired) electrons. The van der Waals surface area contributed by atoms with E-state index in [1.807, 2.05) is 0 Å². The molecular formula is C13H18Cl2O2Si. The molecule has 0 aliphatic carbocycles. The quantitative estimate of drug-likeness (QED) is 0.567. The van der Waals surface area contributed by atoms with Crippen molar-refractivity contribution in [2.75, 3.05) is 0 Å². The van der Waals surface area contributed by atoms with E-state index in [-0.39, 0.29) is 10.1 Å². The molecule has 0 aliphatic heterocycles. The van der Waals surface area contributed by atoms with Crippen LogP contribution in [0, 0.1) is 0 Å². The third kappa shape index (κ3) is 3.08. The highest BCUT2D eigenvalue weighted by Crippen LogP contribution is 2.41. The van der Waals surface area contributed by atoms with Gasteiger partial charge in [0.25, 0.3) is 8.32 Å². The van der Waals surface area contributed by atoms with Crippen LogP contribution in [0.3, 0.4) is 0 Å². The molecule has 0 saturated carbocycles. The second kappa shape index (κ2) is 5.23. The Morgan fingerprint density at radius 2 is 1.72 bits per heavy atom. The second-order valence-corrected chi connectivity index (χ2v) is 11.2. The smallest absolute Gasteiger partial charge is 0.250 e. The van der Waals surface area contributed by atoms with E-state index in [4.69, 9.17) is 27.6 Å². The van der Waals surface area contributed by atoms with Crippen molar-refractivity contribution in [3.8, 4) is 5.75 Å². The van der Waals surface area contributed by atoms with E-state index in [0.29, 0.717) is 22.6 Å². The van der Waals surface area contributed by atoms with Crippen LogP contribution >= 0.6 is 23.2 Å². The molecule has 0 aliphatic rings. The molecule has 100 valence electrons. The summed E-state index contributed by atoms with van der Waals surface area (Å²) in [4.78, 5) is 10.8. The highest BCUT2D eigenvalue weighted by atomic mass is 35.5. The molecule has 0 atom stereocenters. The fourth-order valence-electron chi connectivity index (χ4n) is 1.14. The van der Waals surface area contributed by atoms with Crippen molar-refractivity contribution in [2.24, 2.45) is 0 Å². The molecule has 0 fully saturated rings. The van der Waals surface area contributed by atoms with E-state index in [1.54, 1.807) is 12.1 Å². The minimum absolute atomic E-state index is 0.0755. The van der Waals surface area contributed by atoms with E-state index >= 15 is 0 Å². The van der Waals surface area contributed by atoms with E-state index in [0.717, 1.165) is 0 Å². The molecule has 1 aromatic rings. The lowest BCUT2D eigenvalue weighted by molar-refractivity contribution is 0.112. The molecule has 0 bridgehead atoms.